The number of hydrogen-bond acceptors (Lipinski definition) is 7. The SMILES string of the molecule is COc1c(C[C@@H]2CC(C(=O)O)=NO2)c(Br)c2c(c1OC)OCO2. The molecule has 1 atom stereocenters. The van der Waals surface area contributed by atoms with Crippen molar-refractivity contribution in [2.24, 2.45) is 5.16 Å². The number of methoxy groups -OCH3 is 2. The minimum Gasteiger partial charge on any atom is -0.492 e. The van der Waals surface area contributed by atoms with Crippen LogP contribution in [0, 0.1) is 0 Å². The van der Waals surface area contributed by atoms with Crippen molar-refractivity contribution in [3.8, 4) is 23.0 Å². The second kappa shape index (κ2) is 6.15. The van der Waals surface area contributed by atoms with E-state index in [0.29, 0.717) is 33.9 Å². The molecule has 1 aromatic rings. The van der Waals surface area contributed by atoms with Gasteiger partial charge in [-0.2, -0.15) is 0 Å². The van der Waals surface area contributed by atoms with Gasteiger partial charge >= 0.3 is 5.97 Å². The van der Waals surface area contributed by atoms with E-state index < -0.39 is 12.1 Å². The van der Waals surface area contributed by atoms with Crippen molar-refractivity contribution in [3.05, 3.63) is 10.0 Å². The summed E-state index contributed by atoms with van der Waals surface area (Å²) in [6, 6.07) is 0. The van der Waals surface area contributed by atoms with Crippen LogP contribution < -0.4 is 18.9 Å². The molecule has 8 nitrogen and oxygen atoms in total. The molecule has 0 bridgehead atoms. The molecule has 0 spiro atoms. The molecule has 2 aliphatic rings. The Morgan fingerprint density at radius 3 is 2.61 bits per heavy atom. The van der Waals surface area contributed by atoms with Gasteiger partial charge in [0.1, 0.15) is 6.10 Å². The van der Waals surface area contributed by atoms with Crippen LogP contribution in [0.3, 0.4) is 0 Å². The van der Waals surface area contributed by atoms with Crippen molar-refractivity contribution >= 4 is 27.6 Å². The van der Waals surface area contributed by atoms with Crippen molar-refractivity contribution in [3.63, 3.8) is 0 Å². The fraction of sp³-hybridized carbons (Fsp3) is 0.429. The van der Waals surface area contributed by atoms with Crippen LogP contribution in [0.5, 0.6) is 23.0 Å². The molecule has 0 amide bonds. The standard InChI is InChI=1S/C14H14BrNO7/c1-19-10-7(3-6-4-8(14(17)18)16-23-6)9(15)11-13(12(10)20-2)22-5-21-11/h6H,3-5H2,1-2H3,(H,17,18)/t6-/m1/s1. The lowest BCUT2D eigenvalue weighted by atomic mass is 10.0. The van der Waals surface area contributed by atoms with Crippen LogP contribution in [-0.4, -0.2) is 43.9 Å². The zero-order valence-corrected chi connectivity index (χ0v) is 14.0. The third-order valence-corrected chi connectivity index (χ3v) is 4.42. The quantitative estimate of drug-likeness (QED) is 0.824. The van der Waals surface area contributed by atoms with E-state index in [2.05, 4.69) is 21.1 Å². The topological polar surface area (TPSA) is 95.8 Å². The van der Waals surface area contributed by atoms with Crippen LogP contribution in [0.1, 0.15) is 12.0 Å². The number of carboxylic acids is 1. The molecule has 0 radical (unpaired) electrons. The summed E-state index contributed by atoms with van der Waals surface area (Å²) in [7, 11) is 3.03. The van der Waals surface area contributed by atoms with Gasteiger partial charge in [0.15, 0.2) is 17.2 Å². The zero-order chi connectivity index (χ0) is 16.6. The number of carboxylic acid groups (broad SMARTS) is 1. The molecule has 0 aromatic heterocycles. The normalized spacial score (nSPS) is 18.4. The van der Waals surface area contributed by atoms with Crippen LogP contribution in [0.25, 0.3) is 0 Å². The second-order valence-corrected chi connectivity index (χ2v) is 5.70. The predicted molar refractivity (Wildman–Crippen MR) is 81.6 cm³/mol. The maximum atomic E-state index is 10.9. The van der Waals surface area contributed by atoms with Crippen molar-refractivity contribution in [2.75, 3.05) is 21.0 Å². The molecular formula is C14H14BrNO7. The van der Waals surface area contributed by atoms with Crippen molar-refractivity contribution in [1.29, 1.82) is 0 Å². The Hall–Kier alpha value is -2.16. The Morgan fingerprint density at radius 2 is 2.00 bits per heavy atom. The minimum atomic E-state index is -1.08. The smallest absolute Gasteiger partial charge is 0.353 e. The molecule has 9 heteroatoms. The lowest BCUT2D eigenvalue weighted by molar-refractivity contribution is -0.129. The van der Waals surface area contributed by atoms with Crippen LogP contribution in [0.2, 0.25) is 0 Å². The van der Waals surface area contributed by atoms with Crippen molar-refractivity contribution < 1.29 is 33.7 Å². The largest absolute Gasteiger partial charge is 0.492 e. The van der Waals surface area contributed by atoms with E-state index in [1.54, 1.807) is 0 Å². The van der Waals surface area contributed by atoms with E-state index in [0.717, 1.165) is 5.56 Å². The summed E-state index contributed by atoms with van der Waals surface area (Å²) in [5.74, 6) is 0.818. The Morgan fingerprint density at radius 1 is 1.30 bits per heavy atom. The van der Waals surface area contributed by atoms with Crippen LogP contribution in [0.4, 0.5) is 0 Å². The summed E-state index contributed by atoms with van der Waals surface area (Å²) in [5.41, 5.74) is 0.734. The third kappa shape index (κ3) is 2.65. The average Bonchev–Trinajstić information content (AvgIpc) is 3.18. The number of fused-ring (bicyclic) bond motifs is 1. The fourth-order valence-electron chi connectivity index (χ4n) is 2.56. The van der Waals surface area contributed by atoms with Gasteiger partial charge < -0.3 is 28.9 Å². The van der Waals surface area contributed by atoms with Crippen molar-refractivity contribution in [1.82, 2.24) is 0 Å². The Kier molecular flexibility index (Phi) is 4.20. The highest BCUT2D eigenvalue weighted by atomic mass is 79.9. The molecule has 23 heavy (non-hydrogen) atoms. The highest BCUT2D eigenvalue weighted by Gasteiger charge is 2.34. The Bertz CT molecular complexity index is 688. The number of aliphatic carboxylic acids is 1. The Labute approximate surface area is 140 Å². The summed E-state index contributed by atoms with van der Waals surface area (Å²) < 4.78 is 22.4. The predicted octanol–water partition coefficient (Wildman–Crippen LogP) is 1.97. The molecule has 1 N–H and O–H groups in total. The van der Waals surface area contributed by atoms with E-state index >= 15 is 0 Å². The first-order chi connectivity index (χ1) is 11.1. The van der Waals surface area contributed by atoms with Gasteiger partial charge in [-0.3, -0.25) is 0 Å². The van der Waals surface area contributed by atoms with Crippen LogP contribution in [0.15, 0.2) is 9.63 Å². The lowest BCUT2D eigenvalue weighted by Gasteiger charge is -2.18. The monoisotopic (exact) mass is 387 g/mol. The fourth-order valence-corrected chi connectivity index (χ4v) is 3.20. The molecule has 0 saturated heterocycles. The number of rotatable bonds is 5. The third-order valence-electron chi connectivity index (χ3n) is 3.58. The maximum Gasteiger partial charge on any atom is 0.353 e. The molecule has 0 fully saturated rings. The average molecular weight is 388 g/mol. The Balaban J connectivity index is 1.95. The maximum absolute atomic E-state index is 10.9. The van der Waals surface area contributed by atoms with E-state index in [-0.39, 0.29) is 18.9 Å². The van der Waals surface area contributed by atoms with E-state index in [1.165, 1.54) is 14.2 Å². The number of halogens is 1. The van der Waals surface area contributed by atoms with Gasteiger partial charge in [0.25, 0.3) is 0 Å². The summed E-state index contributed by atoms with van der Waals surface area (Å²) in [5, 5.41) is 12.5. The molecule has 2 aliphatic heterocycles. The summed E-state index contributed by atoms with van der Waals surface area (Å²) >= 11 is 3.49. The lowest BCUT2D eigenvalue weighted by Crippen LogP contribution is -2.17. The van der Waals surface area contributed by atoms with Gasteiger partial charge in [-0.05, 0) is 15.9 Å². The first-order valence-corrected chi connectivity index (χ1v) is 7.54. The number of nitrogens with zero attached hydrogens (tertiary/aromatic N) is 1. The summed E-state index contributed by atoms with van der Waals surface area (Å²) in [6.07, 6.45) is 0.176. The van der Waals surface area contributed by atoms with Crippen LogP contribution >= 0.6 is 15.9 Å². The first-order valence-electron chi connectivity index (χ1n) is 6.74. The van der Waals surface area contributed by atoms with E-state index in [9.17, 15) is 4.79 Å². The van der Waals surface area contributed by atoms with E-state index in [4.69, 9.17) is 28.9 Å². The second-order valence-electron chi connectivity index (χ2n) is 4.90. The van der Waals surface area contributed by atoms with Gasteiger partial charge in [0.05, 0.1) is 18.7 Å². The number of ether oxygens (including phenoxy) is 4. The summed E-state index contributed by atoms with van der Waals surface area (Å²) in [6.45, 7) is 0.0864. The van der Waals surface area contributed by atoms with Gasteiger partial charge in [-0.15, -0.1) is 0 Å². The van der Waals surface area contributed by atoms with Gasteiger partial charge in [0.2, 0.25) is 18.3 Å². The van der Waals surface area contributed by atoms with Crippen LogP contribution in [-0.2, 0) is 16.1 Å². The number of oxime groups is 1. The molecule has 0 unspecified atom stereocenters. The molecular weight excluding hydrogens is 374 g/mol. The van der Waals surface area contributed by atoms with Gasteiger partial charge in [-0.1, -0.05) is 5.16 Å². The van der Waals surface area contributed by atoms with E-state index in [1.807, 2.05) is 0 Å². The number of hydrogen-bond donors (Lipinski definition) is 1. The molecule has 0 saturated carbocycles. The van der Waals surface area contributed by atoms with Gasteiger partial charge in [-0.25, -0.2) is 4.79 Å². The summed E-state index contributed by atoms with van der Waals surface area (Å²) in [4.78, 5) is 16.1. The minimum absolute atomic E-state index is 0.00204. The van der Waals surface area contributed by atoms with Gasteiger partial charge in [0, 0.05) is 18.4 Å². The highest BCUT2D eigenvalue weighted by molar-refractivity contribution is 9.10. The molecule has 2 heterocycles. The number of carbonyl (C=O) groups is 1. The van der Waals surface area contributed by atoms with Crippen molar-refractivity contribution in [2.45, 2.75) is 18.9 Å². The molecule has 1 aromatic carbocycles. The molecule has 124 valence electrons. The first kappa shape index (κ1) is 15.7. The highest BCUT2D eigenvalue weighted by Crippen LogP contribution is 2.54. The zero-order valence-electron chi connectivity index (χ0n) is 12.4. The molecule has 0 aliphatic carbocycles. The number of benzene rings is 1. The molecule has 3 rings (SSSR count).